The largest absolute Gasteiger partial charge is 0.486 e. The molecule has 8 nitrogen and oxygen atoms in total. The first kappa shape index (κ1) is 13.7. The highest BCUT2D eigenvalue weighted by Crippen LogP contribution is 2.33. The highest BCUT2D eigenvalue weighted by atomic mass is 32.1. The molecule has 1 aromatic carbocycles. The highest BCUT2D eigenvalue weighted by molar-refractivity contribution is 7.09. The second kappa shape index (κ2) is 5.36. The molecule has 0 fully saturated rings. The summed E-state index contributed by atoms with van der Waals surface area (Å²) in [4.78, 5) is 30.7. The average Bonchev–Trinajstić information content (AvgIpc) is 3.00. The van der Waals surface area contributed by atoms with Crippen molar-refractivity contribution >= 4 is 34.2 Å². The van der Waals surface area contributed by atoms with E-state index in [2.05, 4.69) is 19.7 Å². The maximum Gasteiger partial charge on any atom is 0.278 e. The quantitative estimate of drug-likeness (QED) is 0.736. The number of fused-ring (bicyclic) bond motifs is 2. The first-order chi connectivity index (χ1) is 11.2. The molecular weight excluding hydrogens is 320 g/mol. The fourth-order valence-electron chi connectivity index (χ4n) is 2.24. The van der Waals surface area contributed by atoms with Crippen molar-refractivity contribution in [1.29, 1.82) is 0 Å². The summed E-state index contributed by atoms with van der Waals surface area (Å²) in [6.07, 6.45) is 1.25. The number of hydrogen-bond donors (Lipinski definition) is 2. The van der Waals surface area contributed by atoms with Gasteiger partial charge in [-0.1, -0.05) is 0 Å². The molecule has 2 aromatic heterocycles. The van der Waals surface area contributed by atoms with Gasteiger partial charge in [0.05, 0.1) is 6.33 Å². The number of carbonyl (C=O) groups excluding carboxylic acids is 1. The van der Waals surface area contributed by atoms with E-state index in [-0.39, 0.29) is 27.4 Å². The van der Waals surface area contributed by atoms with Gasteiger partial charge in [-0.05, 0) is 23.7 Å². The summed E-state index contributed by atoms with van der Waals surface area (Å²) < 4.78 is 14.9. The van der Waals surface area contributed by atoms with Gasteiger partial charge >= 0.3 is 0 Å². The van der Waals surface area contributed by atoms with E-state index in [1.807, 2.05) is 0 Å². The predicted octanol–water partition coefficient (Wildman–Crippen LogP) is 1.40. The van der Waals surface area contributed by atoms with Gasteiger partial charge in [-0.2, -0.15) is 4.37 Å². The van der Waals surface area contributed by atoms with Crippen LogP contribution in [-0.4, -0.2) is 33.5 Å². The van der Waals surface area contributed by atoms with E-state index in [0.29, 0.717) is 30.4 Å². The number of carbonyl (C=O) groups is 1. The lowest BCUT2D eigenvalue weighted by molar-refractivity contribution is 0.103. The van der Waals surface area contributed by atoms with E-state index in [1.165, 1.54) is 6.33 Å². The SMILES string of the molecule is O=C(Nc1ccc2c(c1)OCCO2)c1snc2c(=O)[nH]cnc12. The molecule has 9 heteroatoms. The number of amides is 1. The molecule has 1 amide bonds. The molecule has 0 aliphatic carbocycles. The summed E-state index contributed by atoms with van der Waals surface area (Å²) >= 11 is 0.933. The normalized spacial score (nSPS) is 13.0. The van der Waals surface area contributed by atoms with Gasteiger partial charge in [0.25, 0.3) is 11.5 Å². The number of aromatic nitrogens is 3. The second-order valence-electron chi connectivity index (χ2n) is 4.75. The van der Waals surface area contributed by atoms with E-state index >= 15 is 0 Å². The average molecular weight is 330 g/mol. The Morgan fingerprint density at radius 1 is 1.22 bits per heavy atom. The van der Waals surface area contributed by atoms with Crippen LogP contribution < -0.4 is 20.3 Å². The Hall–Kier alpha value is -2.94. The van der Waals surface area contributed by atoms with E-state index < -0.39 is 0 Å². The molecule has 0 unspecified atom stereocenters. The summed E-state index contributed by atoms with van der Waals surface area (Å²) in [6, 6.07) is 5.14. The fourth-order valence-corrected chi connectivity index (χ4v) is 2.96. The van der Waals surface area contributed by atoms with Gasteiger partial charge in [0.2, 0.25) is 0 Å². The van der Waals surface area contributed by atoms with E-state index in [0.717, 1.165) is 11.5 Å². The minimum atomic E-state index is -0.382. The van der Waals surface area contributed by atoms with Crippen LogP contribution in [0, 0.1) is 0 Å². The minimum Gasteiger partial charge on any atom is -0.486 e. The molecule has 0 atom stereocenters. The van der Waals surface area contributed by atoms with Gasteiger partial charge in [0.15, 0.2) is 17.0 Å². The molecule has 0 radical (unpaired) electrons. The molecular formula is C14H10N4O4S. The number of rotatable bonds is 2. The number of aromatic amines is 1. The van der Waals surface area contributed by atoms with Gasteiger partial charge < -0.3 is 19.8 Å². The predicted molar refractivity (Wildman–Crippen MR) is 83.4 cm³/mol. The smallest absolute Gasteiger partial charge is 0.278 e. The number of anilines is 1. The number of H-pyrrole nitrogens is 1. The Bertz CT molecular complexity index is 965. The molecule has 2 N–H and O–H groups in total. The molecule has 23 heavy (non-hydrogen) atoms. The lowest BCUT2D eigenvalue weighted by atomic mass is 10.2. The lowest BCUT2D eigenvalue weighted by Crippen LogP contribution is -2.16. The molecule has 0 spiro atoms. The van der Waals surface area contributed by atoms with Gasteiger partial charge in [-0.25, -0.2) is 4.98 Å². The van der Waals surface area contributed by atoms with Crippen molar-refractivity contribution in [1.82, 2.24) is 14.3 Å². The van der Waals surface area contributed by atoms with Crippen LogP contribution in [0.3, 0.4) is 0 Å². The third kappa shape index (κ3) is 2.40. The molecule has 116 valence electrons. The van der Waals surface area contributed by atoms with Crippen molar-refractivity contribution in [2.75, 3.05) is 18.5 Å². The summed E-state index contributed by atoms with van der Waals surface area (Å²) in [5, 5.41) is 2.75. The van der Waals surface area contributed by atoms with Gasteiger partial charge in [-0.15, -0.1) is 0 Å². The Balaban J connectivity index is 1.64. The summed E-state index contributed by atoms with van der Waals surface area (Å²) in [7, 11) is 0. The van der Waals surface area contributed by atoms with Crippen LogP contribution in [0.1, 0.15) is 9.67 Å². The van der Waals surface area contributed by atoms with Crippen molar-refractivity contribution in [2.45, 2.75) is 0 Å². The zero-order valence-corrected chi connectivity index (χ0v) is 12.5. The van der Waals surface area contributed by atoms with E-state index in [4.69, 9.17) is 9.47 Å². The Morgan fingerprint density at radius 2 is 2.04 bits per heavy atom. The zero-order chi connectivity index (χ0) is 15.8. The zero-order valence-electron chi connectivity index (χ0n) is 11.7. The molecule has 1 aliphatic rings. The summed E-state index contributed by atoms with van der Waals surface area (Å²) in [6.45, 7) is 0.975. The van der Waals surface area contributed by atoms with E-state index in [1.54, 1.807) is 18.2 Å². The number of benzene rings is 1. The van der Waals surface area contributed by atoms with Crippen molar-refractivity contribution in [3.8, 4) is 11.5 Å². The lowest BCUT2D eigenvalue weighted by Gasteiger charge is -2.18. The second-order valence-corrected chi connectivity index (χ2v) is 5.53. The first-order valence-electron chi connectivity index (χ1n) is 6.76. The first-order valence-corrected chi connectivity index (χ1v) is 7.54. The van der Waals surface area contributed by atoms with Crippen LogP contribution in [0.15, 0.2) is 29.3 Å². The Kier molecular flexibility index (Phi) is 3.19. The van der Waals surface area contributed by atoms with Crippen LogP contribution in [-0.2, 0) is 0 Å². The molecule has 0 saturated carbocycles. The molecule has 1 aliphatic heterocycles. The summed E-state index contributed by atoms with van der Waals surface area (Å²) in [5.41, 5.74) is 0.633. The molecule has 4 rings (SSSR count). The van der Waals surface area contributed by atoms with Crippen molar-refractivity contribution in [3.05, 3.63) is 39.8 Å². The van der Waals surface area contributed by atoms with Crippen molar-refractivity contribution < 1.29 is 14.3 Å². The van der Waals surface area contributed by atoms with E-state index in [9.17, 15) is 9.59 Å². The van der Waals surface area contributed by atoms with Crippen LogP contribution in [0.2, 0.25) is 0 Å². The van der Waals surface area contributed by atoms with Gasteiger partial charge in [0.1, 0.15) is 23.6 Å². The van der Waals surface area contributed by atoms with Crippen molar-refractivity contribution in [3.63, 3.8) is 0 Å². The summed E-state index contributed by atoms with van der Waals surface area (Å²) in [5.74, 6) is 0.843. The molecule has 0 saturated heterocycles. The number of nitrogens with one attached hydrogen (secondary N) is 2. The standard InChI is InChI=1S/C14H10N4O4S/c19-13-11-10(15-6-16-13)12(23-18-11)14(20)17-7-1-2-8-9(5-7)22-4-3-21-8/h1-2,5-6H,3-4H2,(H,17,20)(H,15,16,19). The topological polar surface area (TPSA) is 106 Å². The molecule has 3 aromatic rings. The number of ether oxygens (including phenoxy) is 2. The Labute approximate surface area is 133 Å². The van der Waals surface area contributed by atoms with Crippen LogP contribution in [0.25, 0.3) is 11.0 Å². The monoisotopic (exact) mass is 330 g/mol. The highest BCUT2D eigenvalue weighted by Gasteiger charge is 2.18. The minimum absolute atomic E-state index is 0.157. The molecule has 0 bridgehead atoms. The maximum atomic E-state index is 12.4. The van der Waals surface area contributed by atoms with Crippen LogP contribution in [0.4, 0.5) is 5.69 Å². The van der Waals surface area contributed by atoms with Crippen LogP contribution >= 0.6 is 11.5 Å². The van der Waals surface area contributed by atoms with Gasteiger partial charge in [-0.3, -0.25) is 9.59 Å². The third-order valence-corrected chi connectivity index (χ3v) is 4.11. The molecule has 3 heterocycles. The fraction of sp³-hybridized carbons (Fsp3) is 0.143. The maximum absolute atomic E-state index is 12.4. The third-order valence-electron chi connectivity index (χ3n) is 3.28. The van der Waals surface area contributed by atoms with Crippen molar-refractivity contribution in [2.24, 2.45) is 0 Å². The number of hydrogen-bond acceptors (Lipinski definition) is 7. The Morgan fingerprint density at radius 3 is 2.91 bits per heavy atom. The van der Waals surface area contributed by atoms with Crippen LogP contribution in [0.5, 0.6) is 11.5 Å². The van der Waals surface area contributed by atoms with Gasteiger partial charge in [0, 0.05) is 11.8 Å². The number of nitrogens with zero attached hydrogens (tertiary/aromatic N) is 2.